The second kappa shape index (κ2) is 6.58. The van der Waals surface area contributed by atoms with Gasteiger partial charge in [0.1, 0.15) is 0 Å². The molecule has 112 valence electrons. The van der Waals surface area contributed by atoms with E-state index in [1.54, 1.807) is 11.1 Å². The van der Waals surface area contributed by atoms with Crippen LogP contribution in [0.5, 0.6) is 0 Å². The van der Waals surface area contributed by atoms with Gasteiger partial charge in [0.15, 0.2) is 11.3 Å². The first-order chi connectivity index (χ1) is 10.7. The van der Waals surface area contributed by atoms with Crippen LogP contribution < -0.4 is 5.32 Å². The SMILES string of the molecule is N#CN1CCC(CC(=O)Nc2ncc(-c3ccccc3)s2)C1. The summed E-state index contributed by atoms with van der Waals surface area (Å²) in [7, 11) is 0. The number of thiazole rings is 1. The van der Waals surface area contributed by atoms with Gasteiger partial charge in [-0.25, -0.2) is 4.98 Å². The summed E-state index contributed by atoms with van der Waals surface area (Å²) in [5.41, 5.74) is 1.10. The lowest BCUT2D eigenvalue weighted by molar-refractivity contribution is -0.117. The Morgan fingerprint density at radius 2 is 2.27 bits per heavy atom. The molecule has 2 heterocycles. The molecule has 1 N–H and O–H groups in total. The summed E-state index contributed by atoms with van der Waals surface area (Å²) < 4.78 is 0. The predicted octanol–water partition coefficient (Wildman–Crippen LogP) is 2.94. The van der Waals surface area contributed by atoms with E-state index in [0.717, 1.165) is 23.4 Å². The van der Waals surface area contributed by atoms with Crippen LogP contribution in [0.15, 0.2) is 36.5 Å². The largest absolute Gasteiger partial charge is 0.310 e. The number of nitrogens with zero attached hydrogens (tertiary/aromatic N) is 3. The molecule has 1 unspecified atom stereocenters. The summed E-state index contributed by atoms with van der Waals surface area (Å²) in [6.45, 7) is 1.43. The predicted molar refractivity (Wildman–Crippen MR) is 86.1 cm³/mol. The average Bonchev–Trinajstić information content (AvgIpc) is 3.17. The number of carbonyl (C=O) groups excluding carboxylic acids is 1. The van der Waals surface area contributed by atoms with Crippen LogP contribution in [0, 0.1) is 17.4 Å². The first-order valence-corrected chi connectivity index (χ1v) is 8.02. The Morgan fingerprint density at radius 1 is 1.45 bits per heavy atom. The number of nitrogens with one attached hydrogen (secondary N) is 1. The number of amides is 1. The molecule has 1 amide bonds. The van der Waals surface area contributed by atoms with Gasteiger partial charge < -0.3 is 10.2 Å². The molecule has 0 saturated carbocycles. The Bertz CT molecular complexity index is 692. The summed E-state index contributed by atoms with van der Waals surface area (Å²) >= 11 is 1.47. The van der Waals surface area contributed by atoms with Crippen molar-refractivity contribution >= 4 is 22.4 Å². The molecule has 0 bridgehead atoms. The quantitative estimate of drug-likeness (QED) is 0.881. The lowest BCUT2D eigenvalue weighted by Crippen LogP contribution is -2.19. The highest BCUT2D eigenvalue weighted by Crippen LogP contribution is 2.29. The van der Waals surface area contributed by atoms with Crippen LogP contribution in [0.4, 0.5) is 5.13 Å². The number of likely N-dealkylation sites (tertiary alicyclic amines) is 1. The minimum atomic E-state index is -0.0289. The average molecular weight is 312 g/mol. The van der Waals surface area contributed by atoms with E-state index < -0.39 is 0 Å². The molecule has 1 atom stereocenters. The number of benzene rings is 1. The van der Waals surface area contributed by atoms with E-state index in [2.05, 4.69) is 16.5 Å². The molecule has 1 aromatic heterocycles. The van der Waals surface area contributed by atoms with Crippen molar-refractivity contribution in [3.05, 3.63) is 36.5 Å². The molecule has 1 aliphatic rings. The molecule has 6 heteroatoms. The van der Waals surface area contributed by atoms with Crippen molar-refractivity contribution in [2.24, 2.45) is 5.92 Å². The van der Waals surface area contributed by atoms with E-state index in [1.807, 2.05) is 30.3 Å². The Labute approximate surface area is 133 Å². The van der Waals surface area contributed by atoms with Crippen molar-refractivity contribution < 1.29 is 4.79 Å². The van der Waals surface area contributed by atoms with E-state index in [-0.39, 0.29) is 11.8 Å². The normalized spacial score (nSPS) is 17.2. The van der Waals surface area contributed by atoms with Crippen molar-refractivity contribution in [1.82, 2.24) is 9.88 Å². The van der Waals surface area contributed by atoms with Crippen LogP contribution in [-0.2, 0) is 4.79 Å². The van der Waals surface area contributed by atoms with Crippen LogP contribution in [0.2, 0.25) is 0 Å². The smallest absolute Gasteiger partial charge is 0.226 e. The number of hydrogen-bond donors (Lipinski definition) is 1. The van der Waals surface area contributed by atoms with E-state index in [0.29, 0.717) is 18.1 Å². The summed E-state index contributed by atoms with van der Waals surface area (Å²) in [6, 6.07) is 9.98. The van der Waals surface area contributed by atoms with Crippen LogP contribution in [-0.4, -0.2) is 28.9 Å². The molecule has 2 aromatic rings. The van der Waals surface area contributed by atoms with Gasteiger partial charge in [-0.1, -0.05) is 41.7 Å². The van der Waals surface area contributed by atoms with E-state index in [1.165, 1.54) is 11.3 Å². The maximum Gasteiger partial charge on any atom is 0.226 e. The summed E-state index contributed by atoms with van der Waals surface area (Å²) in [6.07, 6.45) is 5.25. The highest BCUT2D eigenvalue weighted by atomic mass is 32.1. The van der Waals surface area contributed by atoms with Crippen molar-refractivity contribution in [1.29, 1.82) is 5.26 Å². The third-order valence-corrected chi connectivity index (χ3v) is 4.67. The number of carbonyl (C=O) groups is 1. The molecule has 1 aromatic carbocycles. The Kier molecular flexibility index (Phi) is 4.35. The fourth-order valence-electron chi connectivity index (χ4n) is 2.59. The summed E-state index contributed by atoms with van der Waals surface area (Å²) in [5, 5.41) is 12.3. The van der Waals surface area contributed by atoms with Crippen LogP contribution in [0.25, 0.3) is 10.4 Å². The van der Waals surface area contributed by atoms with Gasteiger partial charge in [-0.2, -0.15) is 5.26 Å². The van der Waals surface area contributed by atoms with Crippen LogP contribution in [0.1, 0.15) is 12.8 Å². The van der Waals surface area contributed by atoms with Crippen molar-refractivity contribution in [2.75, 3.05) is 18.4 Å². The zero-order chi connectivity index (χ0) is 15.4. The molecular weight excluding hydrogens is 296 g/mol. The van der Waals surface area contributed by atoms with Gasteiger partial charge in [0.25, 0.3) is 0 Å². The first-order valence-electron chi connectivity index (χ1n) is 7.20. The van der Waals surface area contributed by atoms with Gasteiger partial charge in [0.2, 0.25) is 5.91 Å². The molecule has 1 fully saturated rings. The van der Waals surface area contributed by atoms with Crippen molar-refractivity contribution in [3.8, 4) is 16.6 Å². The summed E-state index contributed by atoms with van der Waals surface area (Å²) in [5.74, 6) is 0.229. The third-order valence-electron chi connectivity index (χ3n) is 3.71. The molecule has 0 radical (unpaired) electrons. The summed E-state index contributed by atoms with van der Waals surface area (Å²) in [4.78, 5) is 19.1. The van der Waals surface area contributed by atoms with Gasteiger partial charge in [-0.15, -0.1) is 0 Å². The van der Waals surface area contributed by atoms with Gasteiger partial charge in [-0.3, -0.25) is 4.79 Å². The van der Waals surface area contributed by atoms with Crippen molar-refractivity contribution in [3.63, 3.8) is 0 Å². The number of nitriles is 1. The van der Waals surface area contributed by atoms with Crippen LogP contribution >= 0.6 is 11.3 Å². The van der Waals surface area contributed by atoms with Crippen molar-refractivity contribution in [2.45, 2.75) is 12.8 Å². The molecule has 5 nitrogen and oxygen atoms in total. The zero-order valence-corrected chi connectivity index (χ0v) is 12.8. The Morgan fingerprint density at radius 3 is 3.00 bits per heavy atom. The molecule has 1 aliphatic heterocycles. The highest BCUT2D eigenvalue weighted by Gasteiger charge is 2.24. The van der Waals surface area contributed by atoms with Crippen LogP contribution in [0.3, 0.4) is 0 Å². The second-order valence-corrected chi connectivity index (χ2v) is 6.38. The van der Waals surface area contributed by atoms with E-state index in [4.69, 9.17) is 5.26 Å². The lowest BCUT2D eigenvalue weighted by Gasteiger charge is -2.08. The molecule has 3 rings (SSSR count). The standard InChI is InChI=1S/C16H16N4OS/c17-11-20-7-6-12(10-20)8-15(21)19-16-18-9-14(22-16)13-4-2-1-3-5-13/h1-5,9,12H,6-8,10H2,(H,18,19,21). The Balaban J connectivity index is 1.57. The molecule has 0 spiro atoms. The highest BCUT2D eigenvalue weighted by molar-refractivity contribution is 7.19. The molecule has 0 aliphatic carbocycles. The zero-order valence-electron chi connectivity index (χ0n) is 12.0. The minimum absolute atomic E-state index is 0.0289. The maximum absolute atomic E-state index is 12.1. The maximum atomic E-state index is 12.1. The van der Waals surface area contributed by atoms with Gasteiger partial charge in [0, 0.05) is 25.7 Å². The molecule has 1 saturated heterocycles. The van der Waals surface area contributed by atoms with Gasteiger partial charge >= 0.3 is 0 Å². The third kappa shape index (κ3) is 3.43. The monoisotopic (exact) mass is 312 g/mol. The lowest BCUT2D eigenvalue weighted by atomic mass is 10.1. The first kappa shape index (κ1) is 14.5. The molecule has 22 heavy (non-hydrogen) atoms. The molecular formula is C16H16N4OS. The van der Waals surface area contributed by atoms with E-state index in [9.17, 15) is 4.79 Å². The fraction of sp³-hybridized carbons (Fsp3) is 0.312. The fourth-order valence-corrected chi connectivity index (χ4v) is 3.43. The van der Waals surface area contributed by atoms with Gasteiger partial charge in [-0.05, 0) is 17.9 Å². The number of anilines is 1. The van der Waals surface area contributed by atoms with E-state index >= 15 is 0 Å². The Hall–Kier alpha value is -2.39. The topological polar surface area (TPSA) is 69.0 Å². The number of rotatable bonds is 4. The number of aromatic nitrogens is 1. The minimum Gasteiger partial charge on any atom is -0.310 e. The van der Waals surface area contributed by atoms with Gasteiger partial charge in [0.05, 0.1) is 4.88 Å². The second-order valence-electron chi connectivity index (χ2n) is 5.35. The number of hydrogen-bond acceptors (Lipinski definition) is 5.